The fourth-order valence-electron chi connectivity index (χ4n) is 2.86. The number of hydrogen-bond donors (Lipinski definition) is 1. The number of rotatable bonds is 7. The van der Waals surface area contributed by atoms with Crippen molar-refractivity contribution in [2.75, 3.05) is 40.5 Å². The van der Waals surface area contributed by atoms with Gasteiger partial charge in [0, 0.05) is 24.7 Å². The van der Waals surface area contributed by atoms with E-state index in [9.17, 15) is 14.4 Å². The number of nitrogens with one attached hydrogen (secondary N) is 1. The SMILES string of the molecule is COc1cc(OC)cc(C(=O)NCC(=O)OCC(=O)N2C[C@@H](C)O[C@@H](C)C2)c1. The fourth-order valence-corrected chi connectivity index (χ4v) is 2.86. The van der Waals surface area contributed by atoms with Crippen molar-refractivity contribution in [2.24, 2.45) is 0 Å². The van der Waals surface area contributed by atoms with Gasteiger partial charge >= 0.3 is 5.97 Å². The zero-order valence-electron chi connectivity index (χ0n) is 16.5. The third-order valence-electron chi connectivity index (χ3n) is 4.14. The zero-order chi connectivity index (χ0) is 20.7. The molecule has 1 aliphatic rings. The second-order valence-corrected chi connectivity index (χ2v) is 6.50. The Hall–Kier alpha value is -2.81. The summed E-state index contributed by atoms with van der Waals surface area (Å²) in [6, 6.07) is 4.67. The van der Waals surface area contributed by atoms with E-state index < -0.39 is 11.9 Å². The van der Waals surface area contributed by atoms with Gasteiger partial charge in [-0.1, -0.05) is 0 Å². The quantitative estimate of drug-likeness (QED) is 0.676. The van der Waals surface area contributed by atoms with Crippen LogP contribution in [0, 0.1) is 0 Å². The number of esters is 1. The Morgan fingerprint density at radius 3 is 2.18 bits per heavy atom. The van der Waals surface area contributed by atoms with Gasteiger partial charge in [-0.3, -0.25) is 14.4 Å². The summed E-state index contributed by atoms with van der Waals surface area (Å²) in [6.45, 7) is 3.93. The normalized spacial score (nSPS) is 18.9. The van der Waals surface area contributed by atoms with E-state index in [0.29, 0.717) is 24.6 Å². The maximum atomic E-state index is 12.2. The molecule has 0 saturated carbocycles. The van der Waals surface area contributed by atoms with Gasteiger partial charge in [0.2, 0.25) is 0 Å². The largest absolute Gasteiger partial charge is 0.497 e. The molecule has 2 atom stereocenters. The number of carbonyl (C=O) groups is 3. The molecule has 1 aromatic rings. The van der Waals surface area contributed by atoms with Gasteiger partial charge in [0.25, 0.3) is 11.8 Å². The lowest BCUT2D eigenvalue weighted by atomic mass is 10.2. The predicted octanol–water partition coefficient (Wildman–Crippen LogP) is 0.613. The monoisotopic (exact) mass is 394 g/mol. The Morgan fingerprint density at radius 2 is 1.64 bits per heavy atom. The number of morpholine rings is 1. The van der Waals surface area contributed by atoms with E-state index in [4.69, 9.17) is 18.9 Å². The highest BCUT2D eigenvalue weighted by Crippen LogP contribution is 2.22. The first kappa shape index (κ1) is 21.5. The third kappa shape index (κ3) is 6.12. The maximum absolute atomic E-state index is 12.2. The molecule has 0 bridgehead atoms. The number of benzene rings is 1. The lowest BCUT2D eigenvalue weighted by molar-refractivity contribution is -0.156. The average molecular weight is 394 g/mol. The number of hydrogen-bond acceptors (Lipinski definition) is 7. The van der Waals surface area contributed by atoms with Crippen LogP contribution in [0.1, 0.15) is 24.2 Å². The summed E-state index contributed by atoms with van der Waals surface area (Å²) in [4.78, 5) is 37.9. The molecule has 9 nitrogen and oxygen atoms in total. The zero-order valence-corrected chi connectivity index (χ0v) is 16.5. The second kappa shape index (κ2) is 9.93. The molecule has 0 aliphatic carbocycles. The molecule has 1 aromatic carbocycles. The van der Waals surface area contributed by atoms with Crippen LogP contribution in [0.2, 0.25) is 0 Å². The topological polar surface area (TPSA) is 103 Å². The van der Waals surface area contributed by atoms with E-state index in [1.165, 1.54) is 26.4 Å². The van der Waals surface area contributed by atoms with E-state index in [1.54, 1.807) is 11.0 Å². The van der Waals surface area contributed by atoms with Crippen molar-refractivity contribution in [3.63, 3.8) is 0 Å². The molecule has 0 radical (unpaired) electrons. The van der Waals surface area contributed by atoms with Crippen molar-refractivity contribution >= 4 is 17.8 Å². The summed E-state index contributed by atoms with van der Waals surface area (Å²) in [5, 5.41) is 2.45. The van der Waals surface area contributed by atoms with Crippen LogP contribution >= 0.6 is 0 Å². The highest BCUT2D eigenvalue weighted by Gasteiger charge is 2.26. The van der Waals surface area contributed by atoms with Crippen molar-refractivity contribution < 1.29 is 33.3 Å². The van der Waals surface area contributed by atoms with Crippen molar-refractivity contribution in [3.8, 4) is 11.5 Å². The molecule has 0 spiro atoms. The molecule has 28 heavy (non-hydrogen) atoms. The molecule has 1 aliphatic heterocycles. The standard InChI is InChI=1S/C19H26N2O7/c1-12-9-21(10-13(2)28-12)17(22)11-27-18(23)8-20-19(24)14-5-15(25-3)7-16(6-14)26-4/h5-7,12-13H,8-11H2,1-4H3,(H,20,24)/t12-,13+. The van der Waals surface area contributed by atoms with Crippen molar-refractivity contribution in [2.45, 2.75) is 26.1 Å². The van der Waals surface area contributed by atoms with Gasteiger partial charge in [-0.05, 0) is 26.0 Å². The Morgan fingerprint density at radius 1 is 1.07 bits per heavy atom. The summed E-state index contributed by atoms with van der Waals surface area (Å²) in [5.74, 6) is -0.584. The molecule has 1 N–H and O–H groups in total. The van der Waals surface area contributed by atoms with Crippen LogP contribution in [0.5, 0.6) is 11.5 Å². The fraction of sp³-hybridized carbons (Fsp3) is 0.526. The van der Waals surface area contributed by atoms with Crippen molar-refractivity contribution in [3.05, 3.63) is 23.8 Å². The summed E-state index contributed by atoms with van der Waals surface area (Å²) < 4.78 is 20.7. The number of methoxy groups -OCH3 is 2. The molecule has 2 amide bonds. The average Bonchev–Trinajstić information content (AvgIpc) is 2.68. The van der Waals surface area contributed by atoms with Gasteiger partial charge in [0.1, 0.15) is 18.0 Å². The first-order valence-electron chi connectivity index (χ1n) is 8.92. The second-order valence-electron chi connectivity index (χ2n) is 6.50. The van der Waals surface area contributed by atoms with E-state index in [-0.39, 0.29) is 36.8 Å². The van der Waals surface area contributed by atoms with Gasteiger partial charge in [-0.2, -0.15) is 0 Å². The minimum atomic E-state index is -0.703. The van der Waals surface area contributed by atoms with Crippen LogP contribution in [0.3, 0.4) is 0 Å². The van der Waals surface area contributed by atoms with E-state index >= 15 is 0 Å². The van der Waals surface area contributed by atoms with Crippen molar-refractivity contribution in [1.29, 1.82) is 0 Å². The smallest absolute Gasteiger partial charge is 0.325 e. The highest BCUT2D eigenvalue weighted by atomic mass is 16.5. The number of carbonyl (C=O) groups excluding carboxylic acids is 3. The molecule has 1 heterocycles. The first-order valence-corrected chi connectivity index (χ1v) is 8.92. The van der Waals surface area contributed by atoms with Crippen LogP contribution in [-0.4, -0.2) is 75.4 Å². The molecular formula is C19H26N2O7. The van der Waals surface area contributed by atoms with Crippen LogP contribution in [0.25, 0.3) is 0 Å². The number of ether oxygens (including phenoxy) is 4. The van der Waals surface area contributed by atoms with Gasteiger partial charge in [-0.15, -0.1) is 0 Å². The summed E-state index contributed by atoms with van der Waals surface area (Å²) in [7, 11) is 2.95. The Labute approximate surface area is 163 Å². The maximum Gasteiger partial charge on any atom is 0.325 e. The summed E-state index contributed by atoms with van der Waals surface area (Å²) in [6.07, 6.45) is -0.134. The Kier molecular flexibility index (Phi) is 7.62. The molecule has 154 valence electrons. The molecular weight excluding hydrogens is 368 g/mol. The van der Waals surface area contributed by atoms with Gasteiger partial charge in [0.15, 0.2) is 6.61 Å². The van der Waals surface area contributed by atoms with Crippen LogP contribution in [0.4, 0.5) is 0 Å². The van der Waals surface area contributed by atoms with Gasteiger partial charge < -0.3 is 29.2 Å². The summed E-state index contributed by atoms with van der Waals surface area (Å²) >= 11 is 0. The van der Waals surface area contributed by atoms with Crippen LogP contribution < -0.4 is 14.8 Å². The molecule has 1 fully saturated rings. The highest BCUT2D eigenvalue weighted by molar-refractivity contribution is 5.96. The lowest BCUT2D eigenvalue weighted by Gasteiger charge is -2.35. The van der Waals surface area contributed by atoms with E-state index in [2.05, 4.69) is 5.32 Å². The van der Waals surface area contributed by atoms with Crippen molar-refractivity contribution in [1.82, 2.24) is 10.2 Å². The molecule has 0 aromatic heterocycles. The minimum absolute atomic E-state index is 0.0671. The van der Waals surface area contributed by atoms with E-state index in [1.807, 2.05) is 13.8 Å². The van der Waals surface area contributed by atoms with Gasteiger partial charge in [0.05, 0.1) is 26.4 Å². The molecule has 0 unspecified atom stereocenters. The number of nitrogens with zero attached hydrogens (tertiary/aromatic N) is 1. The lowest BCUT2D eigenvalue weighted by Crippen LogP contribution is -2.49. The van der Waals surface area contributed by atoms with Crippen LogP contribution in [-0.2, 0) is 19.1 Å². The first-order chi connectivity index (χ1) is 13.3. The summed E-state index contributed by atoms with van der Waals surface area (Å²) in [5.41, 5.74) is 0.274. The van der Waals surface area contributed by atoms with E-state index in [0.717, 1.165) is 0 Å². The molecule has 9 heteroatoms. The van der Waals surface area contributed by atoms with Gasteiger partial charge in [-0.25, -0.2) is 0 Å². The Bertz CT molecular complexity index is 690. The predicted molar refractivity (Wildman–Crippen MR) is 99.4 cm³/mol. The Balaban J connectivity index is 1.80. The molecule has 1 saturated heterocycles. The number of amides is 2. The minimum Gasteiger partial charge on any atom is -0.497 e. The van der Waals surface area contributed by atoms with Crippen LogP contribution in [0.15, 0.2) is 18.2 Å². The molecule has 2 rings (SSSR count). The third-order valence-corrected chi connectivity index (χ3v) is 4.14.